The van der Waals surface area contributed by atoms with Gasteiger partial charge < -0.3 is 9.88 Å². The molecule has 0 spiro atoms. The first-order chi connectivity index (χ1) is 10.6. The lowest BCUT2D eigenvalue weighted by Gasteiger charge is -2.20. The maximum atomic E-state index is 12.1. The molecule has 0 unspecified atom stereocenters. The average Bonchev–Trinajstić information content (AvgIpc) is 2.82. The van der Waals surface area contributed by atoms with E-state index in [0.717, 1.165) is 36.1 Å². The molecule has 1 fully saturated rings. The van der Waals surface area contributed by atoms with Gasteiger partial charge in [-0.2, -0.15) is 0 Å². The minimum absolute atomic E-state index is 0.245. The Balaban J connectivity index is 1.56. The zero-order chi connectivity index (χ0) is 15.5. The number of fused-ring (bicyclic) bond motifs is 1. The summed E-state index contributed by atoms with van der Waals surface area (Å²) in [6.07, 6.45) is 6.68. The van der Waals surface area contributed by atoms with Crippen LogP contribution in [0.25, 0.3) is 11.0 Å². The highest BCUT2D eigenvalue weighted by Crippen LogP contribution is 2.23. The first-order valence-electron chi connectivity index (χ1n) is 8.35. The van der Waals surface area contributed by atoms with E-state index in [2.05, 4.69) is 33.1 Å². The van der Waals surface area contributed by atoms with Crippen molar-refractivity contribution in [2.75, 3.05) is 6.54 Å². The third-order valence-electron chi connectivity index (χ3n) is 4.86. The van der Waals surface area contributed by atoms with Crippen LogP contribution in [0, 0.1) is 12.8 Å². The van der Waals surface area contributed by atoms with E-state index in [9.17, 15) is 4.79 Å². The maximum Gasteiger partial charge on any atom is 0.223 e. The predicted molar refractivity (Wildman–Crippen MR) is 88.7 cm³/mol. The molecule has 0 aliphatic heterocycles. The predicted octanol–water partition coefficient (Wildman–Crippen LogP) is 3.12. The highest BCUT2D eigenvalue weighted by atomic mass is 16.1. The van der Waals surface area contributed by atoms with Crippen molar-refractivity contribution in [2.24, 2.45) is 13.0 Å². The minimum Gasteiger partial charge on any atom is -0.356 e. The van der Waals surface area contributed by atoms with Crippen molar-refractivity contribution in [3.8, 4) is 0 Å². The third kappa shape index (κ3) is 3.16. The number of rotatable bonds is 4. The van der Waals surface area contributed by atoms with Gasteiger partial charge in [0.05, 0.1) is 11.0 Å². The SMILES string of the molecule is Cc1nc2cc(CCNC(=O)C3CCCCC3)ccc2n1C. The molecule has 1 aromatic carbocycles. The number of nitrogens with one attached hydrogen (secondary N) is 1. The molecule has 2 aromatic rings. The summed E-state index contributed by atoms with van der Waals surface area (Å²) in [6.45, 7) is 2.73. The first-order valence-corrected chi connectivity index (χ1v) is 8.35. The van der Waals surface area contributed by atoms with Crippen LogP contribution in [0.1, 0.15) is 43.5 Å². The van der Waals surface area contributed by atoms with Gasteiger partial charge in [-0.05, 0) is 43.9 Å². The molecule has 0 saturated heterocycles. The van der Waals surface area contributed by atoms with Crippen molar-refractivity contribution in [3.63, 3.8) is 0 Å². The molecule has 1 N–H and O–H groups in total. The van der Waals surface area contributed by atoms with Gasteiger partial charge in [-0.3, -0.25) is 4.79 Å². The summed E-state index contributed by atoms with van der Waals surface area (Å²) in [5.41, 5.74) is 3.43. The average molecular weight is 299 g/mol. The number of carbonyl (C=O) groups is 1. The monoisotopic (exact) mass is 299 g/mol. The number of benzene rings is 1. The molecular weight excluding hydrogens is 274 g/mol. The normalized spacial score (nSPS) is 16.1. The lowest BCUT2D eigenvalue weighted by molar-refractivity contribution is -0.125. The van der Waals surface area contributed by atoms with Gasteiger partial charge in [-0.1, -0.05) is 25.3 Å². The van der Waals surface area contributed by atoms with Crippen LogP contribution in [0.3, 0.4) is 0 Å². The van der Waals surface area contributed by atoms with E-state index < -0.39 is 0 Å². The van der Waals surface area contributed by atoms with Crippen LogP contribution >= 0.6 is 0 Å². The van der Waals surface area contributed by atoms with Gasteiger partial charge in [0.15, 0.2) is 0 Å². The minimum atomic E-state index is 0.245. The summed E-state index contributed by atoms with van der Waals surface area (Å²) >= 11 is 0. The van der Waals surface area contributed by atoms with Crippen molar-refractivity contribution in [3.05, 3.63) is 29.6 Å². The van der Waals surface area contributed by atoms with Gasteiger partial charge in [0, 0.05) is 19.5 Å². The Morgan fingerprint density at radius 3 is 2.86 bits per heavy atom. The molecule has 1 aliphatic rings. The van der Waals surface area contributed by atoms with E-state index in [-0.39, 0.29) is 11.8 Å². The number of imidazole rings is 1. The van der Waals surface area contributed by atoms with Crippen molar-refractivity contribution in [2.45, 2.75) is 45.4 Å². The molecule has 1 aromatic heterocycles. The van der Waals surface area contributed by atoms with Gasteiger partial charge in [-0.15, -0.1) is 0 Å². The topological polar surface area (TPSA) is 46.9 Å². The second kappa shape index (κ2) is 6.51. The van der Waals surface area contributed by atoms with Crippen molar-refractivity contribution >= 4 is 16.9 Å². The molecule has 4 heteroatoms. The molecule has 1 heterocycles. The van der Waals surface area contributed by atoms with Crippen LogP contribution in [0.5, 0.6) is 0 Å². The summed E-state index contributed by atoms with van der Waals surface area (Å²) in [5, 5.41) is 3.10. The van der Waals surface area contributed by atoms with Gasteiger partial charge in [0.1, 0.15) is 5.82 Å². The fourth-order valence-corrected chi connectivity index (χ4v) is 3.36. The molecule has 1 aliphatic carbocycles. The second-order valence-corrected chi connectivity index (χ2v) is 6.42. The number of hydrogen-bond acceptors (Lipinski definition) is 2. The molecule has 22 heavy (non-hydrogen) atoms. The van der Waals surface area contributed by atoms with Crippen molar-refractivity contribution in [1.29, 1.82) is 0 Å². The molecule has 0 radical (unpaired) electrons. The zero-order valence-electron chi connectivity index (χ0n) is 13.6. The van der Waals surface area contributed by atoms with Crippen LogP contribution in [0.4, 0.5) is 0 Å². The van der Waals surface area contributed by atoms with Crippen LogP contribution in [0.15, 0.2) is 18.2 Å². The Morgan fingerprint density at radius 2 is 2.09 bits per heavy atom. The number of amides is 1. The van der Waals surface area contributed by atoms with E-state index in [0.29, 0.717) is 6.54 Å². The van der Waals surface area contributed by atoms with E-state index in [4.69, 9.17) is 0 Å². The smallest absolute Gasteiger partial charge is 0.223 e. The summed E-state index contributed by atoms with van der Waals surface area (Å²) in [7, 11) is 2.04. The first kappa shape index (κ1) is 15.1. The maximum absolute atomic E-state index is 12.1. The Morgan fingerprint density at radius 1 is 1.32 bits per heavy atom. The second-order valence-electron chi connectivity index (χ2n) is 6.42. The van der Waals surface area contributed by atoms with E-state index in [1.165, 1.54) is 24.8 Å². The fourth-order valence-electron chi connectivity index (χ4n) is 3.36. The van der Waals surface area contributed by atoms with Crippen molar-refractivity contribution in [1.82, 2.24) is 14.9 Å². The number of aryl methyl sites for hydroxylation is 2. The molecular formula is C18H25N3O. The number of aromatic nitrogens is 2. The highest BCUT2D eigenvalue weighted by Gasteiger charge is 2.20. The van der Waals surface area contributed by atoms with E-state index in [1.54, 1.807) is 0 Å². The largest absolute Gasteiger partial charge is 0.356 e. The fraction of sp³-hybridized carbons (Fsp3) is 0.556. The Labute approximate surface area is 131 Å². The van der Waals surface area contributed by atoms with Crippen LogP contribution in [-0.2, 0) is 18.3 Å². The summed E-state index contributed by atoms with van der Waals surface area (Å²) in [4.78, 5) is 16.7. The Bertz CT molecular complexity index is 668. The molecule has 0 bridgehead atoms. The van der Waals surface area contributed by atoms with E-state index in [1.807, 2.05) is 14.0 Å². The Kier molecular flexibility index (Phi) is 4.46. The standard InChI is InChI=1S/C18H25N3O/c1-13-20-16-12-14(8-9-17(16)21(13)2)10-11-19-18(22)15-6-4-3-5-7-15/h8-9,12,15H,3-7,10-11H2,1-2H3,(H,19,22). The molecule has 1 amide bonds. The number of nitrogens with zero attached hydrogens (tertiary/aromatic N) is 2. The summed E-state index contributed by atoms with van der Waals surface area (Å²) in [5.74, 6) is 1.52. The molecule has 118 valence electrons. The van der Waals surface area contributed by atoms with Gasteiger partial charge in [0.2, 0.25) is 5.91 Å². The Hall–Kier alpha value is -1.84. The number of hydrogen-bond donors (Lipinski definition) is 1. The number of carbonyl (C=O) groups excluding carboxylic acids is 1. The van der Waals surface area contributed by atoms with Gasteiger partial charge in [0.25, 0.3) is 0 Å². The third-order valence-corrected chi connectivity index (χ3v) is 4.86. The summed E-state index contributed by atoms with van der Waals surface area (Å²) < 4.78 is 2.10. The van der Waals surface area contributed by atoms with Gasteiger partial charge in [-0.25, -0.2) is 4.98 Å². The lowest BCUT2D eigenvalue weighted by atomic mass is 9.88. The van der Waals surface area contributed by atoms with Crippen LogP contribution in [-0.4, -0.2) is 22.0 Å². The molecule has 4 nitrogen and oxygen atoms in total. The summed E-state index contributed by atoms with van der Waals surface area (Å²) in [6, 6.07) is 6.39. The van der Waals surface area contributed by atoms with Crippen LogP contribution < -0.4 is 5.32 Å². The van der Waals surface area contributed by atoms with Crippen molar-refractivity contribution < 1.29 is 4.79 Å². The quantitative estimate of drug-likeness (QED) is 0.943. The van der Waals surface area contributed by atoms with Gasteiger partial charge >= 0.3 is 0 Å². The molecule has 3 rings (SSSR count). The highest BCUT2D eigenvalue weighted by molar-refractivity contribution is 5.79. The van der Waals surface area contributed by atoms with E-state index >= 15 is 0 Å². The molecule has 0 atom stereocenters. The van der Waals surface area contributed by atoms with Crippen LogP contribution in [0.2, 0.25) is 0 Å². The lowest BCUT2D eigenvalue weighted by Crippen LogP contribution is -2.33. The zero-order valence-corrected chi connectivity index (χ0v) is 13.6. The molecule has 1 saturated carbocycles.